The van der Waals surface area contributed by atoms with E-state index in [0.717, 1.165) is 4.88 Å². The summed E-state index contributed by atoms with van der Waals surface area (Å²) in [4.78, 5) is 17.2. The van der Waals surface area contributed by atoms with Crippen LogP contribution in [0.5, 0.6) is 0 Å². The summed E-state index contributed by atoms with van der Waals surface area (Å²) in [7, 11) is -3.52. The maximum atomic E-state index is 12.9. The van der Waals surface area contributed by atoms with Crippen molar-refractivity contribution in [2.75, 3.05) is 18.8 Å². The van der Waals surface area contributed by atoms with E-state index in [4.69, 9.17) is 11.6 Å². The van der Waals surface area contributed by atoms with E-state index in [-0.39, 0.29) is 17.5 Å². The SMILES string of the molecule is CCN(Cc1ccc(Cl)s1)C(=O)C1=CC=CN2CCS(=O)(=O)N=C12. The summed E-state index contributed by atoms with van der Waals surface area (Å²) >= 11 is 7.36. The van der Waals surface area contributed by atoms with Crippen LogP contribution in [0.1, 0.15) is 11.8 Å². The lowest BCUT2D eigenvalue weighted by Gasteiger charge is -2.30. The van der Waals surface area contributed by atoms with Gasteiger partial charge in [-0.3, -0.25) is 4.79 Å². The molecule has 2 aliphatic heterocycles. The normalized spacial score (nSPS) is 18.7. The first kappa shape index (κ1) is 17.2. The van der Waals surface area contributed by atoms with Gasteiger partial charge in [-0.05, 0) is 31.2 Å². The van der Waals surface area contributed by atoms with E-state index in [0.29, 0.717) is 29.5 Å². The molecule has 1 aromatic heterocycles. The molecule has 0 N–H and O–H groups in total. The molecule has 6 nitrogen and oxygen atoms in total. The zero-order valence-corrected chi connectivity index (χ0v) is 15.4. The van der Waals surface area contributed by atoms with E-state index in [1.54, 1.807) is 34.2 Å². The molecule has 0 aromatic carbocycles. The van der Waals surface area contributed by atoms with Gasteiger partial charge < -0.3 is 9.80 Å². The number of rotatable bonds is 4. The van der Waals surface area contributed by atoms with Crippen molar-refractivity contribution in [3.05, 3.63) is 45.3 Å². The van der Waals surface area contributed by atoms with Crippen LogP contribution in [0, 0.1) is 0 Å². The molecular formula is C15H16ClN3O3S2. The summed E-state index contributed by atoms with van der Waals surface area (Å²) in [5.74, 6) is -0.0864. The second-order valence-corrected chi connectivity index (χ2v) is 8.90. The van der Waals surface area contributed by atoms with Gasteiger partial charge in [-0.2, -0.15) is 0 Å². The monoisotopic (exact) mass is 385 g/mol. The molecule has 1 amide bonds. The molecule has 2 aliphatic rings. The van der Waals surface area contributed by atoms with Crippen LogP contribution in [0.4, 0.5) is 0 Å². The molecule has 3 rings (SSSR count). The van der Waals surface area contributed by atoms with Gasteiger partial charge in [0.2, 0.25) is 0 Å². The lowest BCUT2D eigenvalue weighted by molar-refractivity contribution is -0.127. The molecule has 0 unspecified atom stereocenters. The predicted octanol–water partition coefficient (Wildman–Crippen LogP) is 2.25. The number of carbonyl (C=O) groups excluding carboxylic acids is 1. The average molecular weight is 386 g/mol. The number of nitrogens with zero attached hydrogens (tertiary/aromatic N) is 3. The third kappa shape index (κ3) is 3.55. The largest absolute Gasteiger partial charge is 0.334 e. The number of sulfonamides is 1. The predicted molar refractivity (Wildman–Crippen MR) is 95.6 cm³/mol. The molecule has 0 spiro atoms. The zero-order chi connectivity index (χ0) is 17.3. The van der Waals surface area contributed by atoms with Gasteiger partial charge in [-0.1, -0.05) is 11.6 Å². The van der Waals surface area contributed by atoms with Gasteiger partial charge in [-0.15, -0.1) is 15.7 Å². The summed E-state index contributed by atoms with van der Waals surface area (Å²) in [5.41, 5.74) is 0.297. The molecule has 128 valence electrons. The molecule has 1 aromatic rings. The highest BCUT2D eigenvalue weighted by atomic mass is 35.5. The summed E-state index contributed by atoms with van der Waals surface area (Å²) in [6.07, 6.45) is 5.09. The van der Waals surface area contributed by atoms with E-state index >= 15 is 0 Å². The molecule has 0 saturated carbocycles. The lowest BCUT2D eigenvalue weighted by Crippen LogP contribution is -2.43. The number of amidine groups is 1. The van der Waals surface area contributed by atoms with E-state index in [1.807, 2.05) is 13.0 Å². The summed E-state index contributed by atoms with van der Waals surface area (Å²) in [5, 5.41) is 0. The Morgan fingerprint density at radius 2 is 2.25 bits per heavy atom. The Labute approximate surface area is 149 Å². The average Bonchev–Trinajstić information content (AvgIpc) is 2.95. The van der Waals surface area contributed by atoms with Crippen LogP contribution in [0.15, 0.2) is 40.5 Å². The van der Waals surface area contributed by atoms with Gasteiger partial charge in [0.25, 0.3) is 15.9 Å². The Hall–Kier alpha value is -1.64. The van der Waals surface area contributed by atoms with Crippen LogP contribution >= 0.6 is 22.9 Å². The van der Waals surface area contributed by atoms with Crippen LogP contribution in [-0.4, -0.2) is 48.8 Å². The minimum atomic E-state index is -3.52. The number of halogens is 1. The van der Waals surface area contributed by atoms with Crippen LogP contribution in [-0.2, 0) is 21.4 Å². The summed E-state index contributed by atoms with van der Waals surface area (Å²) < 4.78 is 28.1. The van der Waals surface area contributed by atoms with Crippen LogP contribution in [0.3, 0.4) is 0 Å². The highest BCUT2D eigenvalue weighted by Gasteiger charge is 2.31. The summed E-state index contributed by atoms with van der Waals surface area (Å²) in [6, 6.07) is 3.68. The second-order valence-electron chi connectivity index (χ2n) is 5.34. The first-order valence-electron chi connectivity index (χ1n) is 7.41. The third-order valence-electron chi connectivity index (χ3n) is 3.73. The standard InChI is InChI=1S/C15H16ClN3O3S2/c1-2-18(10-11-5-6-13(16)23-11)15(20)12-4-3-7-19-8-9-24(21,22)17-14(12)19/h3-7H,2,8-10H2,1H3. The van der Waals surface area contributed by atoms with Crippen LogP contribution in [0.25, 0.3) is 0 Å². The number of hydrogen-bond acceptors (Lipinski definition) is 5. The minimum absolute atomic E-state index is 0.0481. The summed E-state index contributed by atoms with van der Waals surface area (Å²) in [6.45, 7) is 3.10. The van der Waals surface area contributed by atoms with Gasteiger partial charge in [0.1, 0.15) is 0 Å². The van der Waals surface area contributed by atoms with Gasteiger partial charge in [0, 0.05) is 24.2 Å². The molecule has 0 fully saturated rings. The molecule has 0 bridgehead atoms. The fraction of sp³-hybridized carbons (Fsp3) is 0.333. The van der Waals surface area contributed by atoms with Crippen molar-refractivity contribution >= 4 is 44.7 Å². The Morgan fingerprint density at radius 3 is 2.92 bits per heavy atom. The minimum Gasteiger partial charge on any atom is -0.334 e. The smallest absolute Gasteiger partial charge is 0.257 e. The maximum absolute atomic E-state index is 12.9. The van der Waals surface area contributed by atoms with Gasteiger partial charge >= 0.3 is 0 Å². The second kappa shape index (κ2) is 6.70. The van der Waals surface area contributed by atoms with Crippen molar-refractivity contribution < 1.29 is 13.2 Å². The number of amides is 1. The van der Waals surface area contributed by atoms with E-state index in [1.165, 1.54) is 11.3 Å². The number of allylic oxidation sites excluding steroid dienone is 2. The first-order chi connectivity index (χ1) is 11.4. The lowest BCUT2D eigenvalue weighted by atomic mass is 10.1. The molecule has 9 heteroatoms. The Balaban J connectivity index is 1.88. The number of likely N-dealkylation sites (N-methyl/N-ethyl adjacent to an activating group) is 1. The highest BCUT2D eigenvalue weighted by Crippen LogP contribution is 2.24. The number of carbonyl (C=O) groups is 1. The quantitative estimate of drug-likeness (QED) is 0.797. The van der Waals surface area contributed by atoms with Crippen molar-refractivity contribution in [2.45, 2.75) is 13.5 Å². The molecule has 24 heavy (non-hydrogen) atoms. The fourth-order valence-electron chi connectivity index (χ4n) is 2.51. The molecule has 0 saturated heterocycles. The number of fused-ring (bicyclic) bond motifs is 1. The highest BCUT2D eigenvalue weighted by molar-refractivity contribution is 7.90. The topological polar surface area (TPSA) is 70.1 Å². The molecule has 0 atom stereocenters. The third-order valence-corrected chi connectivity index (χ3v) is 6.10. The molecule has 0 aliphatic carbocycles. The van der Waals surface area contributed by atoms with Gasteiger partial charge in [0.15, 0.2) is 5.84 Å². The maximum Gasteiger partial charge on any atom is 0.257 e. The van der Waals surface area contributed by atoms with Crippen LogP contribution in [0.2, 0.25) is 4.34 Å². The van der Waals surface area contributed by atoms with Gasteiger partial charge in [0.05, 0.1) is 22.2 Å². The Morgan fingerprint density at radius 1 is 1.46 bits per heavy atom. The van der Waals surface area contributed by atoms with Crippen molar-refractivity contribution in [3.8, 4) is 0 Å². The van der Waals surface area contributed by atoms with E-state index < -0.39 is 10.0 Å². The molecule has 3 heterocycles. The van der Waals surface area contributed by atoms with E-state index in [2.05, 4.69) is 4.40 Å². The zero-order valence-electron chi connectivity index (χ0n) is 13.0. The Kier molecular flexibility index (Phi) is 4.80. The Bertz CT molecular complexity index is 855. The number of hydrogen-bond donors (Lipinski definition) is 0. The van der Waals surface area contributed by atoms with Crippen LogP contribution < -0.4 is 0 Å². The molecular weight excluding hydrogens is 370 g/mol. The number of thiophene rings is 1. The molecule has 0 radical (unpaired) electrons. The fourth-order valence-corrected chi connectivity index (χ4v) is 4.59. The van der Waals surface area contributed by atoms with E-state index in [9.17, 15) is 13.2 Å². The van der Waals surface area contributed by atoms with Crippen molar-refractivity contribution in [1.82, 2.24) is 9.80 Å². The van der Waals surface area contributed by atoms with Crippen molar-refractivity contribution in [1.29, 1.82) is 0 Å². The van der Waals surface area contributed by atoms with Gasteiger partial charge in [-0.25, -0.2) is 8.42 Å². The van der Waals surface area contributed by atoms with Crippen molar-refractivity contribution in [3.63, 3.8) is 0 Å². The van der Waals surface area contributed by atoms with Crippen molar-refractivity contribution in [2.24, 2.45) is 4.40 Å². The first-order valence-corrected chi connectivity index (χ1v) is 10.2.